The lowest BCUT2D eigenvalue weighted by atomic mass is 9.86. The van der Waals surface area contributed by atoms with Crippen molar-refractivity contribution in [3.05, 3.63) is 83.7 Å². The average Bonchev–Trinajstić information content (AvgIpc) is 2.87. The second kappa shape index (κ2) is 8.44. The molecule has 1 aromatic heterocycles. The lowest BCUT2D eigenvalue weighted by Gasteiger charge is -2.26. The van der Waals surface area contributed by atoms with Crippen LogP contribution in [0.3, 0.4) is 0 Å². The molecule has 5 aromatic rings. The van der Waals surface area contributed by atoms with Crippen LogP contribution in [0.25, 0.3) is 44.1 Å². The maximum Gasteiger partial charge on any atom is 0.287 e. The first-order valence-electron chi connectivity index (χ1n) is 13.0. The van der Waals surface area contributed by atoms with Gasteiger partial charge in [-0.3, -0.25) is 0 Å². The topological polar surface area (TPSA) is 26.0 Å². The molecule has 0 spiro atoms. The number of aromatic nitrogens is 2. The van der Waals surface area contributed by atoms with Gasteiger partial charge in [0.25, 0.3) is 6.33 Å². The van der Waals surface area contributed by atoms with Crippen LogP contribution in [-0.4, -0.2) is 4.98 Å². The summed E-state index contributed by atoms with van der Waals surface area (Å²) in [5.41, 5.74) is 9.56. The van der Waals surface area contributed by atoms with Crippen molar-refractivity contribution in [1.82, 2.24) is 4.98 Å². The standard InChI is InChI=1S/C33H33N2O/c1-19(2)15-27-26-10-8-7-9-25(26)21(5)30-32-31-28(34-18-35(32)6)16-24(17-29(31)36-33(27)30)23-13-11-22(12-14-23)20(3)4/h7-14,16-20H,15H2,1-6H3/q+1. The summed E-state index contributed by atoms with van der Waals surface area (Å²) in [6.07, 6.45) is 2.91. The van der Waals surface area contributed by atoms with Crippen molar-refractivity contribution in [1.29, 1.82) is 0 Å². The van der Waals surface area contributed by atoms with Gasteiger partial charge in [0.15, 0.2) is 11.2 Å². The molecule has 1 aliphatic heterocycles. The summed E-state index contributed by atoms with van der Waals surface area (Å²) in [4.78, 5) is 4.83. The molecule has 0 fully saturated rings. The summed E-state index contributed by atoms with van der Waals surface area (Å²) in [7, 11) is 2.09. The molecule has 0 atom stereocenters. The third kappa shape index (κ3) is 3.49. The molecule has 3 heteroatoms. The molecule has 3 nitrogen and oxygen atoms in total. The summed E-state index contributed by atoms with van der Waals surface area (Å²) in [6.45, 7) is 11.2. The van der Waals surface area contributed by atoms with Crippen LogP contribution in [0.5, 0.6) is 11.5 Å². The Morgan fingerprint density at radius 2 is 1.61 bits per heavy atom. The molecule has 1 aliphatic rings. The van der Waals surface area contributed by atoms with Gasteiger partial charge in [0.1, 0.15) is 16.9 Å². The molecule has 0 N–H and O–H groups in total. The summed E-state index contributed by atoms with van der Waals surface area (Å²) in [5, 5.41) is 3.67. The Kier molecular flexibility index (Phi) is 5.33. The molecule has 0 saturated heterocycles. The Bertz CT molecular complexity index is 1650. The maximum absolute atomic E-state index is 6.90. The second-order valence-corrected chi connectivity index (χ2v) is 10.9. The van der Waals surface area contributed by atoms with Crippen LogP contribution in [0.4, 0.5) is 0 Å². The van der Waals surface area contributed by atoms with Crippen LogP contribution >= 0.6 is 0 Å². The molecule has 4 aromatic carbocycles. The molecule has 180 valence electrons. The highest BCUT2D eigenvalue weighted by Crippen LogP contribution is 2.51. The third-order valence-electron chi connectivity index (χ3n) is 7.55. The molecule has 6 rings (SSSR count). The number of nitrogens with zero attached hydrogens (tertiary/aromatic N) is 2. The van der Waals surface area contributed by atoms with Crippen molar-refractivity contribution in [2.45, 2.75) is 47.0 Å². The Labute approximate surface area is 213 Å². The van der Waals surface area contributed by atoms with E-state index in [2.05, 4.69) is 107 Å². The summed E-state index contributed by atoms with van der Waals surface area (Å²) >= 11 is 0. The van der Waals surface area contributed by atoms with E-state index in [0.717, 1.165) is 34.4 Å². The van der Waals surface area contributed by atoms with E-state index >= 15 is 0 Å². The van der Waals surface area contributed by atoms with Crippen LogP contribution in [-0.2, 0) is 13.5 Å². The van der Waals surface area contributed by atoms with Gasteiger partial charge in [-0.05, 0) is 75.3 Å². The molecule has 0 unspecified atom stereocenters. The zero-order chi connectivity index (χ0) is 25.1. The first kappa shape index (κ1) is 22.7. The number of benzene rings is 4. The van der Waals surface area contributed by atoms with Crippen molar-refractivity contribution in [3.63, 3.8) is 0 Å². The lowest BCUT2D eigenvalue weighted by Crippen LogP contribution is -2.33. The first-order valence-corrected chi connectivity index (χ1v) is 13.0. The van der Waals surface area contributed by atoms with E-state index < -0.39 is 0 Å². The van der Waals surface area contributed by atoms with Gasteiger partial charge in [-0.2, -0.15) is 0 Å². The zero-order valence-electron chi connectivity index (χ0n) is 22.0. The van der Waals surface area contributed by atoms with E-state index in [1.165, 1.54) is 44.3 Å². The van der Waals surface area contributed by atoms with Crippen molar-refractivity contribution < 1.29 is 9.30 Å². The molecule has 2 heterocycles. The maximum atomic E-state index is 6.90. The molecule has 0 amide bonds. The van der Waals surface area contributed by atoms with Gasteiger partial charge < -0.3 is 4.74 Å². The average molecular weight is 474 g/mol. The largest absolute Gasteiger partial charge is 0.455 e. The Balaban J connectivity index is 1.65. The van der Waals surface area contributed by atoms with Gasteiger partial charge in [0, 0.05) is 5.56 Å². The van der Waals surface area contributed by atoms with Crippen molar-refractivity contribution in [2.75, 3.05) is 0 Å². The predicted molar refractivity (Wildman–Crippen MR) is 149 cm³/mol. The molecule has 0 aliphatic carbocycles. The molecular formula is C33H33N2O+. The summed E-state index contributed by atoms with van der Waals surface area (Å²) in [5.74, 6) is 2.92. The van der Waals surface area contributed by atoms with Crippen LogP contribution in [0.15, 0.2) is 67.0 Å². The number of rotatable bonds is 4. The van der Waals surface area contributed by atoms with Gasteiger partial charge in [-0.25, -0.2) is 4.57 Å². The van der Waals surface area contributed by atoms with Gasteiger partial charge in [0.05, 0.1) is 12.6 Å². The van der Waals surface area contributed by atoms with Crippen LogP contribution in [0.2, 0.25) is 0 Å². The predicted octanol–water partition coefficient (Wildman–Crippen LogP) is 8.28. The number of hydrogen-bond acceptors (Lipinski definition) is 2. The fraction of sp³-hybridized carbons (Fsp3) is 0.273. The van der Waals surface area contributed by atoms with Gasteiger partial charge in [-0.15, -0.1) is 0 Å². The highest BCUT2D eigenvalue weighted by Gasteiger charge is 2.32. The number of ether oxygens (including phenoxy) is 1. The van der Waals surface area contributed by atoms with E-state index in [-0.39, 0.29) is 0 Å². The van der Waals surface area contributed by atoms with E-state index in [1.807, 2.05) is 6.33 Å². The highest BCUT2D eigenvalue weighted by atomic mass is 16.5. The number of fused-ring (bicyclic) bond motifs is 3. The molecular weight excluding hydrogens is 440 g/mol. The highest BCUT2D eigenvalue weighted by molar-refractivity contribution is 6.06. The molecule has 0 radical (unpaired) electrons. The Morgan fingerprint density at radius 3 is 2.31 bits per heavy atom. The Hall–Kier alpha value is -3.72. The van der Waals surface area contributed by atoms with E-state index in [1.54, 1.807) is 0 Å². The Morgan fingerprint density at radius 1 is 0.889 bits per heavy atom. The lowest BCUT2D eigenvalue weighted by molar-refractivity contribution is -0.662. The van der Waals surface area contributed by atoms with Gasteiger partial charge in [-0.1, -0.05) is 76.2 Å². The molecule has 36 heavy (non-hydrogen) atoms. The van der Waals surface area contributed by atoms with Gasteiger partial charge >= 0.3 is 0 Å². The van der Waals surface area contributed by atoms with E-state index in [0.29, 0.717) is 11.8 Å². The van der Waals surface area contributed by atoms with Gasteiger partial charge in [0.2, 0.25) is 0 Å². The van der Waals surface area contributed by atoms with Crippen LogP contribution < -0.4 is 9.30 Å². The van der Waals surface area contributed by atoms with E-state index in [9.17, 15) is 0 Å². The van der Waals surface area contributed by atoms with E-state index in [4.69, 9.17) is 9.72 Å². The SMILES string of the molecule is Cc1c2c(c(CC(C)C)c3ccccc13)Oc1cc(-c3ccc(C(C)C)cc3)cc3nc[n+](C)c-2c13. The fourth-order valence-electron chi connectivity index (χ4n) is 5.70. The summed E-state index contributed by atoms with van der Waals surface area (Å²) in [6, 6.07) is 22.0. The monoisotopic (exact) mass is 473 g/mol. The van der Waals surface area contributed by atoms with Crippen LogP contribution in [0.1, 0.15) is 50.3 Å². The normalized spacial score (nSPS) is 12.4. The molecule has 0 bridgehead atoms. The van der Waals surface area contributed by atoms with Crippen molar-refractivity contribution in [2.24, 2.45) is 13.0 Å². The minimum Gasteiger partial charge on any atom is -0.455 e. The third-order valence-corrected chi connectivity index (χ3v) is 7.55. The second-order valence-electron chi connectivity index (χ2n) is 10.9. The van der Waals surface area contributed by atoms with Crippen LogP contribution in [0, 0.1) is 12.8 Å². The smallest absolute Gasteiger partial charge is 0.287 e. The number of hydrogen-bond donors (Lipinski definition) is 0. The minimum atomic E-state index is 0.512. The molecule has 0 saturated carbocycles. The van der Waals surface area contributed by atoms with Crippen molar-refractivity contribution >= 4 is 21.7 Å². The summed E-state index contributed by atoms with van der Waals surface area (Å²) < 4.78 is 9.05. The first-order chi connectivity index (χ1) is 17.3. The zero-order valence-corrected chi connectivity index (χ0v) is 22.0. The minimum absolute atomic E-state index is 0.512. The fourth-order valence-corrected chi connectivity index (χ4v) is 5.70. The quantitative estimate of drug-likeness (QED) is 0.241. The number of aryl methyl sites for hydroxylation is 2. The van der Waals surface area contributed by atoms with Crippen molar-refractivity contribution in [3.8, 4) is 33.9 Å².